The van der Waals surface area contributed by atoms with Crippen LogP contribution in [0.15, 0.2) is 47.4 Å². The number of sulfone groups is 1. The average molecular weight is 474 g/mol. The molecule has 0 aliphatic heterocycles. The minimum absolute atomic E-state index is 0.0202. The second-order valence-corrected chi connectivity index (χ2v) is 11.1. The lowest BCUT2D eigenvalue weighted by atomic mass is 9.96. The molecule has 0 unspecified atom stereocenters. The van der Waals surface area contributed by atoms with Gasteiger partial charge in [-0.15, -0.1) is 0 Å². The van der Waals surface area contributed by atoms with Crippen LogP contribution in [0.1, 0.15) is 57.1 Å². The van der Waals surface area contributed by atoms with Crippen molar-refractivity contribution in [3.05, 3.63) is 53.6 Å². The fraction of sp³-hybridized carbons (Fsp3) is 0.500. The summed E-state index contributed by atoms with van der Waals surface area (Å²) < 4.78 is 31.8. The number of carbonyl (C=O) groups excluding carboxylic acids is 1. The lowest BCUT2D eigenvalue weighted by Crippen LogP contribution is -2.29. The first-order valence-electron chi connectivity index (χ1n) is 11.7. The fourth-order valence-corrected chi connectivity index (χ4v) is 5.38. The zero-order valence-electron chi connectivity index (χ0n) is 19.7. The molecule has 1 saturated carbocycles. The molecule has 0 spiro atoms. The summed E-state index contributed by atoms with van der Waals surface area (Å²) >= 11 is 0. The van der Waals surface area contributed by atoms with Gasteiger partial charge in [0.1, 0.15) is 10.6 Å². The van der Waals surface area contributed by atoms with Crippen LogP contribution in [0.25, 0.3) is 0 Å². The Morgan fingerprint density at radius 2 is 1.94 bits per heavy atom. The van der Waals surface area contributed by atoms with Gasteiger partial charge in [0.15, 0.2) is 9.84 Å². The molecule has 0 radical (unpaired) electrons. The number of amides is 1. The van der Waals surface area contributed by atoms with Gasteiger partial charge in [0, 0.05) is 11.8 Å². The van der Waals surface area contributed by atoms with Gasteiger partial charge in [-0.2, -0.15) is 0 Å². The number of anilines is 1. The third-order valence-electron chi connectivity index (χ3n) is 6.06. The number of rotatable bonds is 12. The van der Waals surface area contributed by atoms with E-state index in [0.717, 1.165) is 0 Å². The summed E-state index contributed by atoms with van der Waals surface area (Å²) in [6.07, 6.45) is 3.71. The largest absolute Gasteiger partial charge is 0.492 e. The van der Waals surface area contributed by atoms with Gasteiger partial charge in [-0.05, 0) is 67.7 Å². The molecular formula is C26H35NO5S. The number of hydrogen-bond acceptors (Lipinski definition) is 5. The molecule has 0 heterocycles. The number of aliphatic hydroxyl groups is 1. The van der Waals surface area contributed by atoms with Gasteiger partial charge >= 0.3 is 0 Å². The van der Waals surface area contributed by atoms with Crippen LogP contribution in [0, 0.1) is 11.8 Å². The summed E-state index contributed by atoms with van der Waals surface area (Å²) in [5.74, 6) is 0.0601. The van der Waals surface area contributed by atoms with Crippen molar-refractivity contribution in [2.45, 2.75) is 57.3 Å². The Hall–Kier alpha value is -2.38. The molecule has 6 nitrogen and oxygen atoms in total. The predicted molar refractivity (Wildman–Crippen MR) is 130 cm³/mol. The molecule has 33 heavy (non-hydrogen) atoms. The summed E-state index contributed by atoms with van der Waals surface area (Å²) in [5.41, 5.74) is 2.97. The highest BCUT2D eigenvalue weighted by atomic mass is 32.2. The van der Waals surface area contributed by atoms with E-state index in [-0.39, 0.29) is 34.8 Å². The third-order valence-corrected chi connectivity index (χ3v) is 7.90. The third kappa shape index (κ3) is 6.81. The average Bonchev–Trinajstić information content (AvgIpc) is 3.60. The standard InChI is InChI=1S/C26H35NO5S/c1-4-32-24-16-22(27-26(29)23(17-28)18(2)3)12-13-25(24)33(30,31)14-6-8-19-7-5-9-21(15-19)20-10-11-20/h5,7,9,12-13,15-16,18,20,23,28H,4,6,8,10-11,14,17H2,1-3H3,(H,27,29)/t23-/m0/s1. The molecule has 7 heteroatoms. The van der Waals surface area contributed by atoms with Crippen LogP contribution >= 0.6 is 0 Å². The van der Waals surface area contributed by atoms with Gasteiger partial charge in [-0.25, -0.2) is 8.42 Å². The van der Waals surface area contributed by atoms with E-state index in [1.54, 1.807) is 19.1 Å². The molecule has 1 amide bonds. The molecular weight excluding hydrogens is 438 g/mol. The van der Waals surface area contributed by atoms with Crippen LogP contribution in [0.4, 0.5) is 5.69 Å². The number of ether oxygens (including phenoxy) is 1. The van der Waals surface area contributed by atoms with E-state index in [4.69, 9.17) is 4.74 Å². The summed E-state index contributed by atoms with van der Waals surface area (Å²) in [5, 5.41) is 12.2. The maximum atomic E-state index is 13.1. The fourth-order valence-electron chi connectivity index (χ4n) is 3.94. The summed E-state index contributed by atoms with van der Waals surface area (Å²) in [4.78, 5) is 12.6. The molecule has 1 fully saturated rings. The molecule has 0 bridgehead atoms. The van der Waals surface area contributed by atoms with Crippen molar-refractivity contribution in [1.29, 1.82) is 0 Å². The van der Waals surface area contributed by atoms with Gasteiger partial charge in [-0.1, -0.05) is 38.1 Å². The van der Waals surface area contributed by atoms with Gasteiger partial charge < -0.3 is 15.2 Å². The van der Waals surface area contributed by atoms with Crippen LogP contribution in [0.2, 0.25) is 0 Å². The molecule has 1 atom stereocenters. The first-order chi connectivity index (χ1) is 15.7. The Labute approximate surface area is 197 Å². The Morgan fingerprint density at radius 1 is 1.18 bits per heavy atom. The van der Waals surface area contributed by atoms with E-state index in [1.165, 1.54) is 30.0 Å². The SMILES string of the molecule is CCOc1cc(NC(=O)[C@@H](CO)C(C)C)ccc1S(=O)(=O)CCCc1cccc(C2CC2)c1. The summed E-state index contributed by atoms with van der Waals surface area (Å²) in [7, 11) is -3.55. The lowest BCUT2D eigenvalue weighted by molar-refractivity contribution is -0.122. The lowest BCUT2D eigenvalue weighted by Gasteiger charge is -2.18. The topological polar surface area (TPSA) is 92.7 Å². The monoisotopic (exact) mass is 473 g/mol. The number of hydrogen-bond donors (Lipinski definition) is 2. The predicted octanol–water partition coefficient (Wildman–Crippen LogP) is 4.57. The molecule has 1 aliphatic rings. The quantitative estimate of drug-likeness (QED) is 0.471. The van der Waals surface area contributed by atoms with Crippen molar-refractivity contribution in [1.82, 2.24) is 0 Å². The molecule has 2 N–H and O–H groups in total. The Balaban J connectivity index is 1.69. The van der Waals surface area contributed by atoms with E-state index < -0.39 is 15.8 Å². The zero-order valence-corrected chi connectivity index (χ0v) is 20.5. The van der Waals surface area contributed by atoms with Crippen molar-refractivity contribution < 1.29 is 23.1 Å². The van der Waals surface area contributed by atoms with E-state index in [9.17, 15) is 18.3 Å². The van der Waals surface area contributed by atoms with Crippen LogP contribution < -0.4 is 10.1 Å². The van der Waals surface area contributed by atoms with Crippen LogP contribution in [-0.2, 0) is 21.1 Å². The number of benzene rings is 2. The minimum Gasteiger partial charge on any atom is -0.492 e. The molecule has 180 valence electrons. The minimum atomic E-state index is -3.55. The number of nitrogens with one attached hydrogen (secondary N) is 1. The van der Waals surface area contributed by atoms with Crippen molar-refractivity contribution in [2.24, 2.45) is 11.8 Å². The Morgan fingerprint density at radius 3 is 2.58 bits per heavy atom. The highest BCUT2D eigenvalue weighted by Gasteiger charge is 2.25. The highest BCUT2D eigenvalue weighted by Crippen LogP contribution is 2.40. The zero-order chi connectivity index (χ0) is 24.0. The highest BCUT2D eigenvalue weighted by molar-refractivity contribution is 7.91. The second kappa shape index (κ2) is 11.2. The van der Waals surface area contributed by atoms with Crippen molar-refractivity contribution in [2.75, 3.05) is 24.3 Å². The summed E-state index contributed by atoms with van der Waals surface area (Å²) in [6, 6.07) is 13.1. The van der Waals surface area contributed by atoms with Gasteiger partial charge in [0.05, 0.1) is 24.9 Å². The maximum absolute atomic E-state index is 13.1. The van der Waals surface area contributed by atoms with Crippen molar-refractivity contribution >= 4 is 21.4 Å². The van der Waals surface area contributed by atoms with E-state index >= 15 is 0 Å². The normalized spacial score (nSPS) is 14.8. The number of carbonyl (C=O) groups is 1. The molecule has 1 aliphatic carbocycles. The number of aliphatic hydroxyl groups excluding tert-OH is 1. The van der Waals surface area contributed by atoms with Gasteiger partial charge in [0.25, 0.3) is 0 Å². The molecule has 0 aromatic heterocycles. The first-order valence-corrected chi connectivity index (χ1v) is 13.4. The van der Waals surface area contributed by atoms with Gasteiger partial charge in [0.2, 0.25) is 5.91 Å². The molecule has 2 aromatic carbocycles. The second-order valence-electron chi connectivity index (χ2n) is 9.06. The molecule has 0 saturated heterocycles. The van der Waals surface area contributed by atoms with Crippen LogP contribution in [-0.4, -0.2) is 38.4 Å². The van der Waals surface area contributed by atoms with E-state index in [0.29, 0.717) is 31.1 Å². The smallest absolute Gasteiger partial charge is 0.230 e. The van der Waals surface area contributed by atoms with Crippen molar-refractivity contribution in [3.8, 4) is 5.75 Å². The van der Waals surface area contributed by atoms with Gasteiger partial charge in [-0.3, -0.25) is 4.79 Å². The van der Waals surface area contributed by atoms with Crippen LogP contribution in [0.3, 0.4) is 0 Å². The van der Waals surface area contributed by atoms with E-state index in [2.05, 4.69) is 29.6 Å². The first kappa shape index (κ1) is 25.2. The molecule has 2 aromatic rings. The number of aryl methyl sites for hydroxylation is 1. The van der Waals surface area contributed by atoms with Crippen LogP contribution in [0.5, 0.6) is 5.75 Å². The molecule has 3 rings (SSSR count). The van der Waals surface area contributed by atoms with Crippen molar-refractivity contribution in [3.63, 3.8) is 0 Å². The Kier molecular flexibility index (Phi) is 8.54. The summed E-state index contributed by atoms with van der Waals surface area (Å²) in [6.45, 7) is 5.57. The maximum Gasteiger partial charge on any atom is 0.230 e. The van der Waals surface area contributed by atoms with E-state index in [1.807, 2.05) is 13.8 Å². The Bertz CT molecular complexity index is 1060.